The van der Waals surface area contributed by atoms with Gasteiger partial charge in [-0.15, -0.1) is 0 Å². The van der Waals surface area contributed by atoms with E-state index in [9.17, 15) is 8.42 Å². The maximum atomic E-state index is 11.7. The second kappa shape index (κ2) is 7.50. The summed E-state index contributed by atoms with van der Waals surface area (Å²) in [6.45, 7) is 6.53. The van der Waals surface area contributed by atoms with Crippen molar-refractivity contribution < 1.29 is 13.2 Å². The molecule has 2 atom stereocenters. The zero-order valence-corrected chi connectivity index (χ0v) is 16.6. The van der Waals surface area contributed by atoms with Crippen LogP contribution >= 0.6 is 0 Å². The first-order chi connectivity index (χ1) is 12.3. The molecular weight excluding hydrogens is 350 g/mol. The summed E-state index contributed by atoms with van der Waals surface area (Å²) in [6.07, 6.45) is 1.23. The summed E-state index contributed by atoms with van der Waals surface area (Å²) in [5.41, 5.74) is 1.82. The lowest BCUT2D eigenvalue weighted by Crippen LogP contribution is -2.41. The number of nitrogens with one attached hydrogen (secondary N) is 1. The minimum absolute atomic E-state index is 0.0556. The number of hydrogen-bond donors (Lipinski definition) is 1. The van der Waals surface area contributed by atoms with Crippen LogP contribution in [0, 0.1) is 11.8 Å². The summed E-state index contributed by atoms with van der Waals surface area (Å²) in [5, 5.41) is 1.05. The van der Waals surface area contributed by atoms with Crippen LogP contribution in [0.4, 0.5) is 0 Å². The number of methoxy groups -OCH3 is 1. The predicted octanol–water partition coefficient (Wildman–Crippen LogP) is 2.25. The van der Waals surface area contributed by atoms with E-state index < -0.39 is 10.0 Å². The molecule has 7 heteroatoms. The molecule has 1 aliphatic heterocycles. The van der Waals surface area contributed by atoms with Gasteiger partial charge in [-0.1, -0.05) is 32.0 Å². The van der Waals surface area contributed by atoms with Gasteiger partial charge in [0.25, 0.3) is 0 Å². The Hall–Kier alpha value is -1.70. The van der Waals surface area contributed by atoms with E-state index in [0.29, 0.717) is 24.9 Å². The van der Waals surface area contributed by atoms with Gasteiger partial charge in [-0.25, -0.2) is 18.1 Å². The molecule has 0 radical (unpaired) electrons. The number of pyridine rings is 1. The Bertz CT molecular complexity index is 883. The number of benzene rings is 1. The number of rotatable bonds is 6. The van der Waals surface area contributed by atoms with E-state index >= 15 is 0 Å². The van der Waals surface area contributed by atoms with E-state index in [1.807, 2.05) is 24.3 Å². The molecule has 0 amide bonds. The van der Waals surface area contributed by atoms with Gasteiger partial charge in [0.1, 0.15) is 11.3 Å². The van der Waals surface area contributed by atoms with Crippen LogP contribution in [-0.4, -0.2) is 50.8 Å². The lowest BCUT2D eigenvalue weighted by molar-refractivity contribution is 0.293. The quantitative estimate of drug-likeness (QED) is 0.836. The fourth-order valence-corrected chi connectivity index (χ4v) is 4.56. The third-order valence-electron chi connectivity index (χ3n) is 5.01. The lowest BCUT2D eigenvalue weighted by atomic mass is 9.92. The molecule has 1 N–H and O–H groups in total. The van der Waals surface area contributed by atoms with Gasteiger partial charge in [-0.2, -0.15) is 0 Å². The molecule has 0 aliphatic carbocycles. The van der Waals surface area contributed by atoms with Crippen molar-refractivity contribution in [3.05, 3.63) is 36.0 Å². The Labute approximate surface area is 155 Å². The monoisotopic (exact) mass is 377 g/mol. The highest BCUT2D eigenvalue weighted by Crippen LogP contribution is 2.27. The minimum atomic E-state index is -3.22. The molecule has 142 valence electrons. The van der Waals surface area contributed by atoms with Crippen LogP contribution < -0.4 is 9.46 Å². The largest absolute Gasteiger partial charge is 0.494 e. The zero-order valence-electron chi connectivity index (χ0n) is 15.8. The molecule has 2 aromatic rings. The molecule has 2 heterocycles. The molecule has 26 heavy (non-hydrogen) atoms. The highest BCUT2D eigenvalue weighted by atomic mass is 32.2. The summed E-state index contributed by atoms with van der Waals surface area (Å²) in [7, 11) is -1.57. The van der Waals surface area contributed by atoms with E-state index in [1.54, 1.807) is 7.11 Å². The van der Waals surface area contributed by atoms with Gasteiger partial charge in [0, 0.05) is 31.1 Å². The summed E-state index contributed by atoms with van der Waals surface area (Å²) < 4.78 is 31.6. The molecule has 0 unspecified atom stereocenters. The second-order valence-electron chi connectivity index (χ2n) is 7.43. The van der Waals surface area contributed by atoms with E-state index in [1.165, 1.54) is 6.26 Å². The van der Waals surface area contributed by atoms with Gasteiger partial charge in [0.15, 0.2) is 0 Å². The minimum Gasteiger partial charge on any atom is -0.494 e. The molecule has 1 aliphatic rings. The van der Waals surface area contributed by atoms with Crippen LogP contribution in [0.3, 0.4) is 0 Å². The van der Waals surface area contributed by atoms with Crippen molar-refractivity contribution in [2.45, 2.75) is 26.4 Å². The second-order valence-corrected chi connectivity index (χ2v) is 9.21. The van der Waals surface area contributed by atoms with Crippen molar-refractivity contribution in [2.75, 3.05) is 26.5 Å². The highest BCUT2D eigenvalue weighted by Gasteiger charge is 2.36. The summed E-state index contributed by atoms with van der Waals surface area (Å²) in [4.78, 5) is 7.05. The van der Waals surface area contributed by atoms with Gasteiger partial charge in [0.05, 0.1) is 19.1 Å². The van der Waals surface area contributed by atoms with Crippen LogP contribution in [0.25, 0.3) is 10.9 Å². The number of sulfonamides is 1. The van der Waals surface area contributed by atoms with Crippen molar-refractivity contribution in [3.63, 3.8) is 0 Å². The van der Waals surface area contributed by atoms with Gasteiger partial charge < -0.3 is 4.74 Å². The van der Waals surface area contributed by atoms with Crippen LogP contribution in [0.5, 0.6) is 5.75 Å². The number of likely N-dealkylation sites (tertiary alicyclic amines) is 1. The highest BCUT2D eigenvalue weighted by molar-refractivity contribution is 7.88. The third-order valence-corrected chi connectivity index (χ3v) is 5.74. The number of para-hydroxylation sites is 1. The number of nitrogens with zero attached hydrogens (tertiary/aromatic N) is 2. The van der Waals surface area contributed by atoms with Crippen molar-refractivity contribution in [3.8, 4) is 5.75 Å². The van der Waals surface area contributed by atoms with E-state index in [-0.39, 0.29) is 6.04 Å². The molecule has 3 rings (SSSR count). The number of fused-ring (bicyclic) bond motifs is 1. The molecule has 1 fully saturated rings. The predicted molar refractivity (Wildman–Crippen MR) is 104 cm³/mol. The third kappa shape index (κ3) is 4.34. The summed E-state index contributed by atoms with van der Waals surface area (Å²) in [5.74, 6) is 1.46. The Morgan fingerprint density at radius 2 is 2.04 bits per heavy atom. The van der Waals surface area contributed by atoms with Gasteiger partial charge in [-0.3, -0.25) is 4.90 Å². The first kappa shape index (κ1) is 19.1. The Morgan fingerprint density at radius 1 is 1.27 bits per heavy atom. The fraction of sp³-hybridized carbons (Fsp3) is 0.526. The van der Waals surface area contributed by atoms with E-state index in [0.717, 1.165) is 28.9 Å². The topological polar surface area (TPSA) is 71.5 Å². The average molecular weight is 378 g/mol. The molecule has 0 spiro atoms. The number of ether oxygens (including phenoxy) is 1. The first-order valence-corrected chi connectivity index (χ1v) is 10.8. The molecule has 6 nitrogen and oxygen atoms in total. The van der Waals surface area contributed by atoms with Crippen LogP contribution in [-0.2, 0) is 16.6 Å². The zero-order chi connectivity index (χ0) is 18.9. The molecule has 1 aromatic carbocycles. The molecule has 0 bridgehead atoms. The Kier molecular flexibility index (Phi) is 5.50. The summed E-state index contributed by atoms with van der Waals surface area (Å²) >= 11 is 0. The van der Waals surface area contributed by atoms with Gasteiger partial charge in [-0.05, 0) is 24.0 Å². The summed E-state index contributed by atoms with van der Waals surface area (Å²) in [6, 6.07) is 9.92. The number of aromatic nitrogens is 1. The molecule has 0 saturated carbocycles. The van der Waals surface area contributed by atoms with Crippen LogP contribution in [0.15, 0.2) is 30.3 Å². The van der Waals surface area contributed by atoms with Crippen molar-refractivity contribution in [1.82, 2.24) is 14.6 Å². The van der Waals surface area contributed by atoms with Crippen molar-refractivity contribution in [2.24, 2.45) is 11.8 Å². The average Bonchev–Trinajstić information content (AvgIpc) is 2.94. The standard InChI is InChI=1S/C19H27N3O3S/c1-13(2)16-11-22(12-17(16)21-26(4,23)24)10-15-9-8-14-6-5-7-18(25-3)19(14)20-15/h5-9,13,16-17,21H,10-12H2,1-4H3/t16-,17+/m0/s1. The fourth-order valence-electron chi connectivity index (χ4n) is 3.76. The molecule has 1 saturated heterocycles. The first-order valence-electron chi connectivity index (χ1n) is 8.89. The normalized spacial score (nSPS) is 21.6. The Balaban J connectivity index is 1.79. The van der Waals surface area contributed by atoms with Crippen molar-refractivity contribution in [1.29, 1.82) is 0 Å². The molecule has 1 aromatic heterocycles. The van der Waals surface area contributed by atoms with Crippen LogP contribution in [0.1, 0.15) is 19.5 Å². The van der Waals surface area contributed by atoms with Crippen LogP contribution in [0.2, 0.25) is 0 Å². The maximum absolute atomic E-state index is 11.7. The van der Waals surface area contributed by atoms with Crippen molar-refractivity contribution >= 4 is 20.9 Å². The lowest BCUT2D eigenvalue weighted by Gasteiger charge is -2.21. The maximum Gasteiger partial charge on any atom is 0.209 e. The number of hydrogen-bond acceptors (Lipinski definition) is 5. The Morgan fingerprint density at radius 3 is 2.69 bits per heavy atom. The SMILES string of the molecule is COc1cccc2ccc(CN3C[C@@H](NS(C)(=O)=O)[C@H](C(C)C)C3)nc12. The van der Waals surface area contributed by atoms with Gasteiger partial charge >= 0.3 is 0 Å². The smallest absolute Gasteiger partial charge is 0.209 e. The van der Waals surface area contributed by atoms with E-state index in [2.05, 4.69) is 29.5 Å². The van der Waals surface area contributed by atoms with E-state index in [4.69, 9.17) is 9.72 Å². The van der Waals surface area contributed by atoms with Gasteiger partial charge in [0.2, 0.25) is 10.0 Å². The molecular formula is C19H27N3O3S.